The molecule has 0 aliphatic carbocycles. The Balaban J connectivity index is 2.69. The summed E-state index contributed by atoms with van der Waals surface area (Å²) in [6, 6.07) is 6.63. The van der Waals surface area contributed by atoms with E-state index in [-0.39, 0.29) is 5.75 Å². The van der Waals surface area contributed by atoms with Gasteiger partial charge in [0.05, 0.1) is 5.92 Å². The Labute approximate surface area is 88.3 Å². The zero-order valence-electron chi connectivity index (χ0n) is 8.39. The van der Waals surface area contributed by atoms with Gasteiger partial charge in [-0.05, 0) is 37.1 Å². The standard InChI is InChI=1S/C11H15NO3/c12-5-4-9(11(14)15)6-8-2-1-3-10(13)7-8/h1-3,7,9,13H,4-6,12H2,(H,14,15). The summed E-state index contributed by atoms with van der Waals surface area (Å²) in [5, 5.41) is 18.1. The Hall–Kier alpha value is -1.55. The Morgan fingerprint density at radius 3 is 2.73 bits per heavy atom. The second kappa shape index (κ2) is 5.36. The first kappa shape index (κ1) is 11.5. The number of rotatable bonds is 5. The monoisotopic (exact) mass is 209 g/mol. The van der Waals surface area contributed by atoms with Crippen LogP contribution < -0.4 is 5.73 Å². The molecule has 0 radical (unpaired) electrons. The van der Waals surface area contributed by atoms with Gasteiger partial charge < -0.3 is 15.9 Å². The summed E-state index contributed by atoms with van der Waals surface area (Å²) in [4.78, 5) is 10.9. The molecule has 82 valence electrons. The van der Waals surface area contributed by atoms with Crippen LogP contribution in [0.25, 0.3) is 0 Å². The number of phenols is 1. The van der Waals surface area contributed by atoms with Gasteiger partial charge >= 0.3 is 5.97 Å². The average Bonchev–Trinajstić information content (AvgIpc) is 2.17. The van der Waals surface area contributed by atoms with Crippen LogP contribution in [0.5, 0.6) is 5.75 Å². The second-order valence-electron chi connectivity index (χ2n) is 3.49. The second-order valence-corrected chi connectivity index (χ2v) is 3.49. The number of carbonyl (C=O) groups is 1. The number of aromatic hydroxyl groups is 1. The molecule has 0 spiro atoms. The van der Waals surface area contributed by atoms with E-state index < -0.39 is 11.9 Å². The van der Waals surface area contributed by atoms with E-state index in [1.807, 2.05) is 0 Å². The molecule has 0 amide bonds. The lowest BCUT2D eigenvalue weighted by Crippen LogP contribution is -2.20. The topological polar surface area (TPSA) is 83.5 Å². The molecule has 1 aromatic carbocycles. The largest absolute Gasteiger partial charge is 0.508 e. The van der Waals surface area contributed by atoms with Crippen molar-refractivity contribution in [1.29, 1.82) is 0 Å². The maximum absolute atomic E-state index is 10.9. The highest BCUT2D eigenvalue weighted by atomic mass is 16.4. The lowest BCUT2D eigenvalue weighted by Gasteiger charge is -2.10. The van der Waals surface area contributed by atoms with Crippen molar-refractivity contribution >= 4 is 5.97 Å². The molecule has 0 heterocycles. The van der Waals surface area contributed by atoms with Crippen LogP contribution in [0.4, 0.5) is 0 Å². The van der Waals surface area contributed by atoms with E-state index in [4.69, 9.17) is 10.8 Å². The number of phenolic OH excluding ortho intramolecular Hbond substituents is 1. The molecular formula is C11H15NO3. The highest BCUT2D eigenvalue weighted by Crippen LogP contribution is 2.16. The van der Waals surface area contributed by atoms with Crippen molar-refractivity contribution in [3.63, 3.8) is 0 Å². The molecule has 0 aliphatic heterocycles. The first-order valence-corrected chi connectivity index (χ1v) is 4.84. The number of hydrogen-bond acceptors (Lipinski definition) is 3. The molecule has 0 saturated carbocycles. The minimum absolute atomic E-state index is 0.157. The quantitative estimate of drug-likeness (QED) is 0.675. The highest BCUT2D eigenvalue weighted by Gasteiger charge is 2.16. The van der Waals surface area contributed by atoms with Crippen molar-refractivity contribution in [3.8, 4) is 5.75 Å². The van der Waals surface area contributed by atoms with Crippen molar-refractivity contribution in [1.82, 2.24) is 0 Å². The van der Waals surface area contributed by atoms with Crippen LogP contribution in [0.2, 0.25) is 0 Å². The number of carboxylic acids is 1. The summed E-state index contributed by atoms with van der Waals surface area (Å²) < 4.78 is 0. The Kier molecular flexibility index (Phi) is 4.12. The summed E-state index contributed by atoms with van der Waals surface area (Å²) in [6.45, 7) is 0.357. The maximum Gasteiger partial charge on any atom is 0.306 e. The molecular weight excluding hydrogens is 194 g/mol. The van der Waals surface area contributed by atoms with E-state index in [9.17, 15) is 9.90 Å². The highest BCUT2D eigenvalue weighted by molar-refractivity contribution is 5.70. The normalized spacial score (nSPS) is 12.3. The van der Waals surface area contributed by atoms with Crippen molar-refractivity contribution in [2.24, 2.45) is 11.7 Å². The molecule has 0 fully saturated rings. The van der Waals surface area contributed by atoms with Gasteiger partial charge in [-0.15, -0.1) is 0 Å². The van der Waals surface area contributed by atoms with Crippen LogP contribution in [0, 0.1) is 5.92 Å². The molecule has 0 aliphatic rings. The third-order valence-corrected chi connectivity index (χ3v) is 2.26. The van der Waals surface area contributed by atoms with Crippen LogP contribution >= 0.6 is 0 Å². The van der Waals surface area contributed by atoms with Gasteiger partial charge in [0.15, 0.2) is 0 Å². The van der Waals surface area contributed by atoms with Crippen LogP contribution in [0.1, 0.15) is 12.0 Å². The summed E-state index contributed by atoms with van der Waals surface area (Å²) in [6.07, 6.45) is 0.853. The van der Waals surface area contributed by atoms with Crippen LogP contribution in [0.3, 0.4) is 0 Å². The van der Waals surface area contributed by atoms with E-state index in [1.54, 1.807) is 24.3 Å². The van der Waals surface area contributed by atoms with Gasteiger partial charge in [-0.25, -0.2) is 0 Å². The molecule has 1 atom stereocenters. The number of aliphatic carboxylic acids is 1. The Morgan fingerprint density at radius 2 is 2.20 bits per heavy atom. The van der Waals surface area contributed by atoms with Crippen molar-refractivity contribution in [2.45, 2.75) is 12.8 Å². The fourth-order valence-corrected chi connectivity index (χ4v) is 1.48. The smallest absolute Gasteiger partial charge is 0.306 e. The van der Waals surface area contributed by atoms with Gasteiger partial charge in [0.25, 0.3) is 0 Å². The SMILES string of the molecule is NCCC(Cc1cccc(O)c1)C(=O)O. The molecule has 4 nitrogen and oxygen atoms in total. The van der Waals surface area contributed by atoms with E-state index in [1.165, 1.54) is 0 Å². The third-order valence-electron chi connectivity index (χ3n) is 2.26. The molecule has 0 bridgehead atoms. The lowest BCUT2D eigenvalue weighted by molar-refractivity contribution is -0.141. The van der Waals surface area contributed by atoms with Crippen LogP contribution in [0.15, 0.2) is 24.3 Å². The lowest BCUT2D eigenvalue weighted by atomic mass is 9.96. The molecule has 4 N–H and O–H groups in total. The zero-order valence-corrected chi connectivity index (χ0v) is 8.39. The van der Waals surface area contributed by atoms with Gasteiger partial charge in [-0.1, -0.05) is 12.1 Å². The number of benzene rings is 1. The average molecular weight is 209 g/mol. The molecule has 0 saturated heterocycles. The minimum Gasteiger partial charge on any atom is -0.508 e. The predicted molar refractivity (Wildman–Crippen MR) is 56.6 cm³/mol. The van der Waals surface area contributed by atoms with Crippen molar-refractivity contribution in [3.05, 3.63) is 29.8 Å². The number of nitrogens with two attached hydrogens (primary N) is 1. The summed E-state index contributed by atoms with van der Waals surface area (Å²) >= 11 is 0. The third kappa shape index (κ3) is 3.59. The van der Waals surface area contributed by atoms with Gasteiger partial charge in [-0.2, -0.15) is 0 Å². The molecule has 1 unspecified atom stereocenters. The zero-order chi connectivity index (χ0) is 11.3. The molecule has 15 heavy (non-hydrogen) atoms. The molecule has 1 aromatic rings. The predicted octanol–water partition coefficient (Wildman–Crippen LogP) is 0.984. The molecule has 1 rings (SSSR count). The van der Waals surface area contributed by atoms with Gasteiger partial charge in [0, 0.05) is 0 Å². The Morgan fingerprint density at radius 1 is 1.47 bits per heavy atom. The molecule has 0 aromatic heterocycles. The van der Waals surface area contributed by atoms with Gasteiger partial charge in [-0.3, -0.25) is 4.79 Å². The number of carboxylic acid groups (broad SMARTS) is 1. The minimum atomic E-state index is -0.844. The molecule has 4 heteroatoms. The van der Waals surface area contributed by atoms with E-state index >= 15 is 0 Å². The Bertz CT molecular complexity index is 338. The summed E-state index contributed by atoms with van der Waals surface area (Å²) in [7, 11) is 0. The van der Waals surface area contributed by atoms with E-state index in [0.717, 1.165) is 5.56 Å². The van der Waals surface area contributed by atoms with Crippen LogP contribution in [-0.4, -0.2) is 22.7 Å². The van der Waals surface area contributed by atoms with Crippen molar-refractivity contribution < 1.29 is 15.0 Å². The number of hydrogen-bond donors (Lipinski definition) is 3. The maximum atomic E-state index is 10.9. The van der Waals surface area contributed by atoms with Crippen LogP contribution in [-0.2, 0) is 11.2 Å². The van der Waals surface area contributed by atoms with E-state index in [0.29, 0.717) is 19.4 Å². The van der Waals surface area contributed by atoms with Gasteiger partial charge in [0.1, 0.15) is 5.75 Å². The summed E-state index contributed by atoms with van der Waals surface area (Å²) in [5.41, 5.74) is 6.15. The summed E-state index contributed by atoms with van der Waals surface area (Å²) in [5.74, 6) is -1.16. The van der Waals surface area contributed by atoms with E-state index in [2.05, 4.69) is 0 Å². The fourth-order valence-electron chi connectivity index (χ4n) is 1.48. The van der Waals surface area contributed by atoms with Gasteiger partial charge in [0.2, 0.25) is 0 Å². The fraction of sp³-hybridized carbons (Fsp3) is 0.364. The first-order chi connectivity index (χ1) is 7.13. The van der Waals surface area contributed by atoms with Crippen molar-refractivity contribution in [2.75, 3.05) is 6.54 Å². The first-order valence-electron chi connectivity index (χ1n) is 4.84.